The topological polar surface area (TPSA) is 75.7 Å². The van der Waals surface area contributed by atoms with Crippen LogP contribution in [0.5, 0.6) is 0 Å². The smallest absolute Gasteiger partial charge is 0.241 e. The molecule has 1 aliphatic heterocycles. The number of hydrogen-bond acceptors (Lipinski definition) is 4. The summed E-state index contributed by atoms with van der Waals surface area (Å²) in [6.45, 7) is 5.61. The molecule has 0 aromatic heterocycles. The van der Waals surface area contributed by atoms with Gasteiger partial charge in [-0.2, -0.15) is 4.72 Å². The zero-order chi connectivity index (χ0) is 18.7. The SMILES string of the molecule is CC(C)[C@H](NS(=O)(=O)c1ccc2ccccc2c1)C(=O)N1CCOCC1. The Hall–Kier alpha value is -1.96. The summed E-state index contributed by atoms with van der Waals surface area (Å²) in [6.07, 6.45) is 0. The number of ether oxygens (including phenoxy) is 1. The third-order valence-corrected chi connectivity index (χ3v) is 6.01. The summed E-state index contributed by atoms with van der Waals surface area (Å²) < 4.78 is 33.6. The van der Waals surface area contributed by atoms with Crippen molar-refractivity contribution >= 4 is 26.7 Å². The van der Waals surface area contributed by atoms with Gasteiger partial charge in [0.2, 0.25) is 15.9 Å². The summed E-state index contributed by atoms with van der Waals surface area (Å²) in [5.41, 5.74) is 0. The highest BCUT2D eigenvalue weighted by molar-refractivity contribution is 7.89. The zero-order valence-corrected chi connectivity index (χ0v) is 15.8. The lowest BCUT2D eigenvalue weighted by atomic mass is 10.0. The number of morpholine rings is 1. The number of amides is 1. The van der Waals surface area contributed by atoms with Crippen LogP contribution in [0, 0.1) is 5.92 Å². The van der Waals surface area contributed by atoms with Gasteiger partial charge in [0, 0.05) is 13.1 Å². The van der Waals surface area contributed by atoms with Gasteiger partial charge in [0.05, 0.1) is 18.1 Å². The van der Waals surface area contributed by atoms with Crippen molar-refractivity contribution in [2.24, 2.45) is 5.92 Å². The van der Waals surface area contributed by atoms with Crippen LogP contribution < -0.4 is 4.72 Å². The standard InChI is InChI=1S/C19H24N2O4S/c1-14(2)18(19(22)21-9-11-25-12-10-21)20-26(23,24)17-8-7-15-5-3-4-6-16(15)13-17/h3-8,13-14,18,20H,9-12H2,1-2H3/t18-/m0/s1. The lowest BCUT2D eigenvalue weighted by Gasteiger charge is -2.32. The minimum Gasteiger partial charge on any atom is -0.378 e. The maximum Gasteiger partial charge on any atom is 0.241 e. The predicted octanol–water partition coefficient (Wildman–Crippen LogP) is 2.00. The predicted molar refractivity (Wildman–Crippen MR) is 100 cm³/mol. The van der Waals surface area contributed by atoms with Crippen molar-refractivity contribution in [2.75, 3.05) is 26.3 Å². The van der Waals surface area contributed by atoms with Crippen LogP contribution in [-0.2, 0) is 19.6 Å². The first-order chi connectivity index (χ1) is 12.4. The number of carbonyl (C=O) groups is 1. The van der Waals surface area contributed by atoms with Crippen LogP contribution in [0.15, 0.2) is 47.4 Å². The molecule has 0 aliphatic carbocycles. The summed E-state index contributed by atoms with van der Waals surface area (Å²) in [7, 11) is -3.81. The van der Waals surface area contributed by atoms with E-state index >= 15 is 0 Å². The summed E-state index contributed by atoms with van der Waals surface area (Å²) in [5.74, 6) is -0.367. The monoisotopic (exact) mass is 376 g/mol. The van der Waals surface area contributed by atoms with E-state index in [2.05, 4.69) is 4.72 Å². The highest BCUT2D eigenvalue weighted by Crippen LogP contribution is 2.20. The van der Waals surface area contributed by atoms with Crippen molar-refractivity contribution in [1.29, 1.82) is 0 Å². The number of nitrogens with one attached hydrogen (secondary N) is 1. The molecule has 0 radical (unpaired) electrons. The highest BCUT2D eigenvalue weighted by atomic mass is 32.2. The van der Waals surface area contributed by atoms with Gasteiger partial charge in [0.15, 0.2) is 0 Å². The van der Waals surface area contributed by atoms with Gasteiger partial charge in [-0.25, -0.2) is 8.42 Å². The molecule has 2 aromatic carbocycles. The van der Waals surface area contributed by atoms with E-state index in [9.17, 15) is 13.2 Å². The van der Waals surface area contributed by atoms with E-state index in [-0.39, 0.29) is 16.7 Å². The fraction of sp³-hybridized carbons (Fsp3) is 0.421. The van der Waals surface area contributed by atoms with Gasteiger partial charge < -0.3 is 9.64 Å². The number of rotatable bonds is 5. The molecule has 1 N–H and O–H groups in total. The van der Waals surface area contributed by atoms with E-state index in [1.165, 1.54) is 0 Å². The van der Waals surface area contributed by atoms with Gasteiger partial charge in [0.1, 0.15) is 6.04 Å². The Morgan fingerprint density at radius 1 is 1.08 bits per heavy atom. The summed E-state index contributed by atoms with van der Waals surface area (Å²) in [6, 6.07) is 11.7. The second-order valence-electron chi connectivity index (χ2n) is 6.79. The number of fused-ring (bicyclic) bond motifs is 1. The molecule has 1 aliphatic rings. The van der Waals surface area contributed by atoms with Gasteiger partial charge in [-0.15, -0.1) is 0 Å². The number of hydrogen-bond donors (Lipinski definition) is 1. The van der Waals surface area contributed by atoms with Crippen LogP contribution in [0.4, 0.5) is 0 Å². The molecule has 0 saturated carbocycles. The van der Waals surface area contributed by atoms with Crippen molar-refractivity contribution < 1.29 is 17.9 Å². The Morgan fingerprint density at radius 3 is 2.38 bits per heavy atom. The maximum atomic E-state index is 12.9. The molecule has 7 heteroatoms. The molecule has 1 fully saturated rings. The lowest BCUT2D eigenvalue weighted by Crippen LogP contribution is -2.53. The Balaban J connectivity index is 1.85. The second-order valence-corrected chi connectivity index (χ2v) is 8.50. The first-order valence-electron chi connectivity index (χ1n) is 8.76. The summed E-state index contributed by atoms with van der Waals surface area (Å²) in [5, 5.41) is 1.81. The number of sulfonamides is 1. The zero-order valence-electron chi connectivity index (χ0n) is 15.0. The normalized spacial score (nSPS) is 16.8. The van der Waals surface area contributed by atoms with Gasteiger partial charge >= 0.3 is 0 Å². The Morgan fingerprint density at radius 2 is 1.73 bits per heavy atom. The van der Waals surface area contributed by atoms with E-state index in [4.69, 9.17) is 4.74 Å². The number of carbonyl (C=O) groups excluding carboxylic acids is 1. The first kappa shape index (κ1) is 18.8. The van der Waals surface area contributed by atoms with Crippen LogP contribution in [-0.4, -0.2) is 51.6 Å². The molecular formula is C19H24N2O4S. The van der Waals surface area contributed by atoms with E-state index in [0.717, 1.165) is 10.8 Å². The molecular weight excluding hydrogens is 352 g/mol. The fourth-order valence-electron chi connectivity index (χ4n) is 3.02. The molecule has 0 bridgehead atoms. The van der Waals surface area contributed by atoms with E-state index in [1.807, 2.05) is 38.1 Å². The van der Waals surface area contributed by atoms with Crippen molar-refractivity contribution in [3.8, 4) is 0 Å². The molecule has 0 spiro atoms. The minimum absolute atomic E-state index is 0.164. The largest absolute Gasteiger partial charge is 0.378 e. The average Bonchev–Trinajstić information content (AvgIpc) is 2.65. The molecule has 1 amide bonds. The fourth-order valence-corrected chi connectivity index (χ4v) is 4.39. The molecule has 1 atom stereocenters. The minimum atomic E-state index is -3.81. The Bertz CT molecular complexity index is 889. The molecule has 3 rings (SSSR count). The molecule has 26 heavy (non-hydrogen) atoms. The van der Waals surface area contributed by atoms with Gasteiger partial charge in [-0.1, -0.05) is 44.2 Å². The van der Waals surface area contributed by atoms with Crippen LogP contribution in [0.2, 0.25) is 0 Å². The molecule has 2 aromatic rings. The highest BCUT2D eigenvalue weighted by Gasteiger charge is 2.32. The summed E-state index contributed by atoms with van der Waals surface area (Å²) in [4.78, 5) is 14.6. The quantitative estimate of drug-likeness (QED) is 0.866. The van der Waals surface area contributed by atoms with Crippen molar-refractivity contribution in [3.05, 3.63) is 42.5 Å². The number of nitrogens with zero attached hydrogens (tertiary/aromatic N) is 1. The van der Waals surface area contributed by atoms with E-state index in [1.54, 1.807) is 23.1 Å². The molecule has 6 nitrogen and oxygen atoms in total. The Labute approximate surface area is 154 Å². The van der Waals surface area contributed by atoms with Crippen molar-refractivity contribution in [1.82, 2.24) is 9.62 Å². The maximum absolute atomic E-state index is 12.9. The van der Waals surface area contributed by atoms with E-state index < -0.39 is 16.1 Å². The van der Waals surface area contributed by atoms with E-state index in [0.29, 0.717) is 26.3 Å². The van der Waals surface area contributed by atoms with Crippen LogP contribution in [0.1, 0.15) is 13.8 Å². The van der Waals surface area contributed by atoms with Gasteiger partial charge in [-0.05, 0) is 28.8 Å². The third-order valence-electron chi connectivity index (χ3n) is 4.57. The van der Waals surface area contributed by atoms with Crippen molar-refractivity contribution in [3.63, 3.8) is 0 Å². The summed E-state index contributed by atoms with van der Waals surface area (Å²) >= 11 is 0. The van der Waals surface area contributed by atoms with Gasteiger partial charge in [-0.3, -0.25) is 4.79 Å². The second kappa shape index (κ2) is 7.73. The lowest BCUT2D eigenvalue weighted by molar-refractivity contribution is -0.138. The average molecular weight is 376 g/mol. The Kier molecular flexibility index (Phi) is 5.60. The van der Waals surface area contributed by atoms with Crippen LogP contribution >= 0.6 is 0 Å². The molecule has 1 heterocycles. The van der Waals surface area contributed by atoms with Crippen LogP contribution in [0.25, 0.3) is 10.8 Å². The molecule has 140 valence electrons. The first-order valence-corrected chi connectivity index (χ1v) is 10.2. The molecule has 1 saturated heterocycles. The van der Waals surface area contributed by atoms with Crippen molar-refractivity contribution in [2.45, 2.75) is 24.8 Å². The van der Waals surface area contributed by atoms with Gasteiger partial charge in [0.25, 0.3) is 0 Å². The van der Waals surface area contributed by atoms with Crippen LogP contribution in [0.3, 0.4) is 0 Å². The molecule has 0 unspecified atom stereocenters. The third kappa shape index (κ3) is 4.06. The number of benzene rings is 2.